The number of carboxylic acid groups (broad SMARTS) is 1. The van der Waals surface area contributed by atoms with Gasteiger partial charge in [0.1, 0.15) is 6.04 Å². The predicted molar refractivity (Wildman–Crippen MR) is 69.1 cm³/mol. The Morgan fingerprint density at radius 1 is 1.41 bits per heavy atom. The summed E-state index contributed by atoms with van der Waals surface area (Å²) in [6, 6.07) is 5.88. The lowest BCUT2D eigenvalue weighted by molar-refractivity contribution is -0.143. The Kier molecular flexibility index (Phi) is 4.70. The summed E-state index contributed by atoms with van der Waals surface area (Å²) in [5.74, 6) is -0.750. The fourth-order valence-corrected chi connectivity index (χ4v) is 2.02. The predicted octanol–water partition coefficient (Wildman–Crippen LogP) is 2.60. The van der Waals surface area contributed by atoms with Crippen LogP contribution in [-0.2, 0) is 11.3 Å². The molecular weight excluding hydrogens is 214 g/mol. The molecule has 0 saturated carbocycles. The number of hydrogen-bond acceptors (Lipinski definition) is 2. The van der Waals surface area contributed by atoms with Gasteiger partial charge in [-0.05, 0) is 38.4 Å². The zero-order valence-corrected chi connectivity index (χ0v) is 11.0. The molecule has 0 aliphatic rings. The Morgan fingerprint density at radius 2 is 2.06 bits per heavy atom. The Labute approximate surface area is 103 Å². The van der Waals surface area contributed by atoms with Crippen molar-refractivity contribution in [3.63, 3.8) is 0 Å². The van der Waals surface area contributed by atoms with Crippen molar-refractivity contribution in [3.05, 3.63) is 34.9 Å². The molecule has 3 nitrogen and oxygen atoms in total. The van der Waals surface area contributed by atoms with Crippen LogP contribution in [0.1, 0.15) is 30.0 Å². The lowest BCUT2D eigenvalue weighted by Crippen LogP contribution is -2.37. The van der Waals surface area contributed by atoms with Gasteiger partial charge in [-0.2, -0.15) is 0 Å². The molecule has 94 valence electrons. The molecule has 1 atom stereocenters. The maximum absolute atomic E-state index is 11.1. The van der Waals surface area contributed by atoms with E-state index in [0.29, 0.717) is 13.0 Å². The topological polar surface area (TPSA) is 40.5 Å². The smallest absolute Gasteiger partial charge is 0.320 e. The monoisotopic (exact) mass is 235 g/mol. The fourth-order valence-electron chi connectivity index (χ4n) is 2.02. The minimum atomic E-state index is -0.750. The Bertz CT molecular complexity index is 401. The first kappa shape index (κ1) is 13.7. The largest absolute Gasteiger partial charge is 0.480 e. The van der Waals surface area contributed by atoms with Crippen molar-refractivity contribution >= 4 is 5.97 Å². The van der Waals surface area contributed by atoms with Gasteiger partial charge in [0.25, 0.3) is 0 Å². The highest BCUT2D eigenvalue weighted by Crippen LogP contribution is 2.15. The van der Waals surface area contributed by atoms with Gasteiger partial charge in [0, 0.05) is 6.54 Å². The number of rotatable bonds is 5. The number of hydrogen-bond donors (Lipinski definition) is 1. The molecule has 0 amide bonds. The number of nitrogens with zero attached hydrogens (tertiary/aromatic N) is 1. The van der Waals surface area contributed by atoms with E-state index >= 15 is 0 Å². The second-order valence-electron chi connectivity index (χ2n) is 4.61. The highest BCUT2D eigenvalue weighted by molar-refractivity contribution is 5.73. The second kappa shape index (κ2) is 5.82. The summed E-state index contributed by atoms with van der Waals surface area (Å²) in [5.41, 5.74) is 3.62. The van der Waals surface area contributed by atoms with Gasteiger partial charge in [0.2, 0.25) is 0 Å². The Morgan fingerprint density at radius 3 is 2.59 bits per heavy atom. The van der Waals surface area contributed by atoms with Crippen molar-refractivity contribution in [2.45, 2.75) is 39.8 Å². The molecule has 0 aliphatic carbocycles. The van der Waals surface area contributed by atoms with E-state index in [2.05, 4.69) is 32.0 Å². The average molecular weight is 235 g/mol. The lowest BCUT2D eigenvalue weighted by Gasteiger charge is -2.24. The molecule has 0 saturated heterocycles. The summed E-state index contributed by atoms with van der Waals surface area (Å²) in [5, 5.41) is 9.10. The zero-order chi connectivity index (χ0) is 13.0. The van der Waals surface area contributed by atoms with Crippen LogP contribution >= 0.6 is 0 Å². The van der Waals surface area contributed by atoms with Crippen LogP contribution in [0.2, 0.25) is 0 Å². The third-order valence-electron chi connectivity index (χ3n) is 3.13. The van der Waals surface area contributed by atoms with Gasteiger partial charge in [0.05, 0.1) is 0 Å². The molecule has 0 bridgehead atoms. The second-order valence-corrected chi connectivity index (χ2v) is 4.61. The summed E-state index contributed by atoms with van der Waals surface area (Å²) in [4.78, 5) is 13.0. The minimum Gasteiger partial charge on any atom is -0.480 e. The molecule has 0 radical (unpaired) electrons. The van der Waals surface area contributed by atoms with Crippen LogP contribution in [0.15, 0.2) is 18.2 Å². The van der Waals surface area contributed by atoms with Crippen molar-refractivity contribution in [2.75, 3.05) is 7.05 Å². The number of benzene rings is 1. The van der Waals surface area contributed by atoms with Crippen molar-refractivity contribution in [3.8, 4) is 0 Å². The molecule has 1 rings (SSSR count). The van der Waals surface area contributed by atoms with E-state index in [1.165, 1.54) is 16.7 Å². The van der Waals surface area contributed by atoms with Gasteiger partial charge in [-0.1, -0.05) is 30.7 Å². The molecule has 3 heteroatoms. The molecule has 1 aromatic carbocycles. The summed E-state index contributed by atoms with van der Waals surface area (Å²) in [6.45, 7) is 6.69. The summed E-state index contributed by atoms with van der Waals surface area (Å²) >= 11 is 0. The fraction of sp³-hybridized carbons (Fsp3) is 0.500. The zero-order valence-electron chi connectivity index (χ0n) is 11.0. The highest BCUT2D eigenvalue weighted by Gasteiger charge is 2.20. The molecule has 0 aromatic heterocycles. The molecule has 0 spiro atoms. The van der Waals surface area contributed by atoms with Gasteiger partial charge in [0.15, 0.2) is 0 Å². The van der Waals surface area contributed by atoms with Crippen LogP contribution in [-0.4, -0.2) is 29.1 Å². The SMILES string of the molecule is CCC(C(=O)O)N(C)Cc1cc(C)ccc1C. The maximum Gasteiger partial charge on any atom is 0.320 e. The van der Waals surface area contributed by atoms with Crippen molar-refractivity contribution < 1.29 is 9.90 Å². The Balaban J connectivity index is 2.83. The third kappa shape index (κ3) is 3.56. The van der Waals surface area contributed by atoms with E-state index in [1.54, 1.807) is 0 Å². The van der Waals surface area contributed by atoms with Gasteiger partial charge in [-0.25, -0.2) is 0 Å². The standard InChI is InChI=1S/C14H21NO2/c1-5-13(14(16)17)15(4)9-12-8-10(2)6-7-11(12)3/h6-8,13H,5,9H2,1-4H3,(H,16,17). The van der Waals surface area contributed by atoms with E-state index in [0.717, 1.165) is 0 Å². The highest BCUT2D eigenvalue weighted by atomic mass is 16.4. The number of carbonyl (C=O) groups is 1. The summed E-state index contributed by atoms with van der Waals surface area (Å²) < 4.78 is 0. The van der Waals surface area contributed by atoms with E-state index in [1.807, 2.05) is 18.9 Å². The molecule has 0 fully saturated rings. The van der Waals surface area contributed by atoms with Crippen LogP contribution in [0.5, 0.6) is 0 Å². The van der Waals surface area contributed by atoms with Gasteiger partial charge >= 0.3 is 5.97 Å². The van der Waals surface area contributed by atoms with Crippen molar-refractivity contribution in [2.24, 2.45) is 0 Å². The van der Waals surface area contributed by atoms with E-state index < -0.39 is 12.0 Å². The van der Waals surface area contributed by atoms with Gasteiger partial charge in [-0.3, -0.25) is 9.69 Å². The van der Waals surface area contributed by atoms with Crippen LogP contribution in [0.3, 0.4) is 0 Å². The summed E-state index contributed by atoms with van der Waals surface area (Å²) in [6.07, 6.45) is 0.622. The third-order valence-corrected chi connectivity index (χ3v) is 3.13. The van der Waals surface area contributed by atoms with Gasteiger partial charge in [-0.15, -0.1) is 0 Å². The molecule has 0 heterocycles. The molecule has 1 aromatic rings. The van der Waals surface area contributed by atoms with E-state index in [4.69, 9.17) is 5.11 Å². The molecule has 1 N–H and O–H groups in total. The first-order chi connectivity index (χ1) is 7.95. The van der Waals surface area contributed by atoms with Gasteiger partial charge < -0.3 is 5.11 Å². The number of aliphatic carboxylic acids is 1. The average Bonchev–Trinajstić information content (AvgIpc) is 2.24. The van der Waals surface area contributed by atoms with Crippen molar-refractivity contribution in [1.29, 1.82) is 0 Å². The Hall–Kier alpha value is -1.35. The number of aryl methyl sites for hydroxylation is 2. The summed E-state index contributed by atoms with van der Waals surface area (Å²) in [7, 11) is 1.87. The molecule has 1 unspecified atom stereocenters. The maximum atomic E-state index is 11.1. The number of carboxylic acids is 1. The number of likely N-dealkylation sites (N-methyl/N-ethyl adjacent to an activating group) is 1. The normalized spacial score (nSPS) is 12.8. The van der Waals surface area contributed by atoms with Crippen LogP contribution in [0, 0.1) is 13.8 Å². The van der Waals surface area contributed by atoms with Crippen molar-refractivity contribution in [1.82, 2.24) is 4.90 Å². The quantitative estimate of drug-likeness (QED) is 0.852. The van der Waals surface area contributed by atoms with E-state index in [9.17, 15) is 4.79 Å². The first-order valence-electron chi connectivity index (χ1n) is 5.94. The molecule has 0 aliphatic heterocycles. The molecular formula is C14H21NO2. The van der Waals surface area contributed by atoms with Crippen LogP contribution in [0.4, 0.5) is 0 Å². The van der Waals surface area contributed by atoms with E-state index in [-0.39, 0.29) is 0 Å². The minimum absolute atomic E-state index is 0.407. The van der Waals surface area contributed by atoms with Crippen LogP contribution < -0.4 is 0 Å². The molecule has 17 heavy (non-hydrogen) atoms. The first-order valence-corrected chi connectivity index (χ1v) is 5.94. The van der Waals surface area contributed by atoms with Crippen LogP contribution in [0.25, 0.3) is 0 Å². The lowest BCUT2D eigenvalue weighted by atomic mass is 10.0.